The number of carbonyl (C=O) groups excluding carboxylic acids is 1. The largest absolute Gasteiger partial charge is 0.495 e. The summed E-state index contributed by atoms with van der Waals surface area (Å²) in [6.45, 7) is 0.725. The number of fused-ring (bicyclic) bond motifs is 1. The fourth-order valence-corrected chi connectivity index (χ4v) is 6.28. The number of hydrogen-bond donors (Lipinski definition) is 1. The zero-order valence-corrected chi connectivity index (χ0v) is 21.3. The highest BCUT2D eigenvalue weighted by atomic mass is 35.5. The van der Waals surface area contributed by atoms with Crippen LogP contribution in [0.2, 0.25) is 5.02 Å². The van der Waals surface area contributed by atoms with Gasteiger partial charge in [0, 0.05) is 18.1 Å². The first-order valence-corrected chi connectivity index (χ1v) is 14.2. The first-order valence-electron chi connectivity index (χ1n) is 10.5. The Morgan fingerprint density at radius 3 is 2.49 bits per heavy atom. The molecule has 0 unspecified atom stereocenters. The molecule has 14 heteroatoms. The molecule has 2 aliphatic heterocycles. The first kappa shape index (κ1) is 25.5. The molecule has 0 bridgehead atoms. The molecule has 2 aromatic rings. The lowest BCUT2D eigenvalue weighted by atomic mass is 10.2. The summed E-state index contributed by atoms with van der Waals surface area (Å²) < 4.78 is 69.5. The van der Waals surface area contributed by atoms with Crippen LogP contribution in [0.5, 0.6) is 11.5 Å². The molecule has 0 radical (unpaired) electrons. The normalized spacial score (nSPS) is 18.9. The number of rotatable bonds is 6. The van der Waals surface area contributed by atoms with E-state index in [0.717, 1.165) is 10.6 Å². The third-order valence-electron chi connectivity index (χ3n) is 5.52. The summed E-state index contributed by atoms with van der Waals surface area (Å²) in [5.74, 6) is -0.289. The SMILES string of the molecule is COc1ccc(S(=O)(=O)N2CCOCC2)cc1NC(=O)[C@H]1CN(S(C)(=O)=O)c2cc(Cl)ccc2O1. The number of carbonyl (C=O) groups is 1. The van der Waals surface area contributed by atoms with E-state index in [9.17, 15) is 21.6 Å². The standard InChI is InChI=1S/C21H24ClN3O8S2/c1-31-18-6-4-15(35(29,30)24-7-9-32-10-8-24)12-16(18)23-21(26)20-13-25(34(2,27)28)17-11-14(22)3-5-19(17)33-20/h3-6,11-12,20H,7-10,13H2,1-2H3,(H,23,26)/t20-/m1/s1. The molecule has 2 aliphatic rings. The minimum Gasteiger partial charge on any atom is -0.495 e. The van der Waals surface area contributed by atoms with Crippen molar-refractivity contribution in [2.24, 2.45) is 0 Å². The van der Waals surface area contributed by atoms with Gasteiger partial charge >= 0.3 is 0 Å². The van der Waals surface area contributed by atoms with E-state index in [1.54, 1.807) is 0 Å². The molecular formula is C21H24ClN3O8S2. The van der Waals surface area contributed by atoms with Crippen molar-refractivity contribution in [3.63, 3.8) is 0 Å². The maximum Gasteiger partial charge on any atom is 0.267 e. The molecule has 0 aliphatic carbocycles. The summed E-state index contributed by atoms with van der Waals surface area (Å²) in [5, 5.41) is 2.93. The number of nitrogens with one attached hydrogen (secondary N) is 1. The van der Waals surface area contributed by atoms with Gasteiger partial charge in [-0.3, -0.25) is 9.10 Å². The predicted octanol–water partition coefficient (Wildman–Crippen LogP) is 1.54. The Hall–Kier alpha value is -2.58. The lowest BCUT2D eigenvalue weighted by Crippen LogP contribution is -2.48. The van der Waals surface area contributed by atoms with Crippen molar-refractivity contribution in [2.45, 2.75) is 11.0 Å². The minimum atomic E-state index is -3.83. The summed E-state index contributed by atoms with van der Waals surface area (Å²) in [5.41, 5.74) is 0.323. The number of ether oxygens (including phenoxy) is 3. The van der Waals surface area contributed by atoms with Gasteiger partial charge in [0.25, 0.3) is 5.91 Å². The second kappa shape index (κ2) is 9.82. The molecule has 0 aromatic heterocycles. The van der Waals surface area contributed by atoms with Gasteiger partial charge in [-0.05, 0) is 36.4 Å². The number of anilines is 2. The summed E-state index contributed by atoms with van der Waals surface area (Å²) >= 11 is 6.01. The monoisotopic (exact) mass is 545 g/mol. The molecule has 35 heavy (non-hydrogen) atoms. The quantitative estimate of drug-likeness (QED) is 0.578. The van der Waals surface area contributed by atoms with E-state index in [1.807, 2.05) is 0 Å². The second-order valence-corrected chi connectivity index (χ2v) is 12.2. The summed E-state index contributed by atoms with van der Waals surface area (Å²) in [6, 6.07) is 8.56. The van der Waals surface area contributed by atoms with Crippen LogP contribution < -0.4 is 19.1 Å². The second-order valence-electron chi connectivity index (χ2n) is 7.88. The van der Waals surface area contributed by atoms with Crippen LogP contribution in [0.3, 0.4) is 0 Å². The van der Waals surface area contributed by atoms with Crippen LogP contribution in [0.25, 0.3) is 0 Å². The van der Waals surface area contributed by atoms with Crippen molar-refractivity contribution >= 4 is 48.9 Å². The average Bonchev–Trinajstić information content (AvgIpc) is 2.83. The van der Waals surface area contributed by atoms with E-state index in [0.29, 0.717) is 18.2 Å². The van der Waals surface area contributed by atoms with Crippen molar-refractivity contribution < 1.29 is 35.8 Å². The Morgan fingerprint density at radius 2 is 1.83 bits per heavy atom. The molecule has 4 rings (SSSR count). The van der Waals surface area contributed by atoms with Crippen molar-refractivity contribution in [3.8, 4) is 11.5 Å². The highest BCUT2D eigenvalue weighted by Crippen LogP contribution is 2.37. The van der Waals surface area contributed by atoms with Gasteiger partial charge in [0.05, 0.1) is 49.4 Å². The van der Waals surface area contributed by atoms with Crippen LogP contribution in [0.15, 0.2) is 41.3 Å². The van der Waals surface area contributed by atoms with Crippen LogP contribution >= 0.6 is 11.6 Å². The van der Waals surface area contributed by atoms with E-state index in [-0.39, 0.29) is 47.4 Å². The zero-order valence-electron chi connectivity index (χ0n) is 18.9. The molecule has 0 saturated carbocycles. The van der Waals surface area contributed by atoms with E-state index in [1.165, 1.54) is 47.8 Å². The van der Waals surface area contributed by atoms with Crippen molar-refractivity contribution in [1.29, 1.82) is 0 Å². The topological polar surface area (TPSA) is 132 Å². The van der Waals surface area contributed by atoms with Crippen molar-refractivity contribution in [3.05, 3.63) is 41.4 Å². The molecule has 2 aromatic carbocycles. The number of methoxy groups -OCH3 is 1. The molecule has 11 nitrogen and oxygen atoms in total. The predicted molar refractivity (Wildman–Crippen MR) is 129 cm³/mol. The van der Waals surface area contributed by atoms with Gasteiger partial charge in [0.1, 0.15) is 11.5 Å². The smallest absolute Gasteiger partial charge is 0.267 e. The highest BCUT2D eigenvalue weighted by Gasteiger charge is 2.36. The molecule has 1 amide bonds. The molecule has 2 heterocycles. The van der Waals surface area contributed by atoms with Gasteiger partial charge in [-0.1, -0.05) is 11.6 Å². The fourth-order valence-electron chi connectivity index (χ4n) is 3.77. The summed E-state index contributed by atoms with van der Waals surface area (Å²) in [7, 11) is -6.20. The Labute approximate surface area is 208 Å². The van der Waals surface area contributed by atoms with Crippen molar-refractivity contribution in [2.75, 3.05) is 55.8 Å². The number of hydrogen-bond acceptors (Lipinski definition) is 8. The van der Waals surface area contributed by atoms with Gasteiger partial charge in [-0.25, -0.2) is 16.8 Å². The molecule has 190 valence electrons. The molecule has 1 atom stereocenters. The Kier molecular flexibility index (Phi) is 7.16. The van der Waals surface area contributed by atoms with Crippen LogP contribution in [-0.2, 0) is 29.6 Å². The van der Waals surface area contributed by atoms with E-state index in [2.05, 4.69) is 5.32 Å². The highest BCUT2D eigenvalue weighted by molar-refractivity contribution is 7.92. The van der Waals surface area contributed by atoms with E-state index >= 15 is 0 Å². The van der Waals surface area contributed by atoms with Crippen LogP contribution in [-0.4, -0.2) is 79.4 Å². The molecule has 1 saturated heterocycles. The van der Waals surface area contributed by atoms with Crippen LogP contribution in [0.1, 0.15) is 0 Å². The number of nitrogens with zero attached hydrogens (tertiary/aromatic N) is 2. The average molecular weight is 546 g/mol. The van der Waals surface area contributed by atoms with Gasteiger partial charge < -0.3 is 19.5 Å². The third kappa shape index (κ3) is 5.33. The third-order valence-corrected chi connectivity index (χ3v) is 8.80. The molecular weight excluding hydrogens is 522 g/mol. The van der Waals surface area contributed by atoms with Gasteiger partial charge in [0.2, 0.25) is 20.0 Å². The van der Waals surface area contributed by atoms with E-state index in [4.69, 9.17) is 25.8 Å². The number of morpholine rings is 1. The van der Waals surface area contributed by atoms with Gasteiger partial charge in [0.15, 0.2) is 6.10 Å². The number of benzene rings is 2. The number of amides is 1. The van der Waals surface area contributed by atoms with Crippen LogP contribution in [0.4, 0.5) is 11.4 Å². The summed E-state index contributed by atoms with van der Waals surface area (Å²) in [4.78, 5) is 13.1. The fraction of sp³-hybridized carbons (Fsp3) is 0.381. The minimum absolute atomic E-state index is 0.0298. The van der Waals surface area contributed by atoms with Gasteiger partial charge in [-0.15, -0.1) is 0 Å². The molecule has 0 spiro atoms. The lowest BCUT2D eigenvalue weighted by Gasteiger charge is -2.34. The van der Waals surface area contributed by atoms with Crippen LogP contribution in [0, 0.1) is 0 Å². The maximum atomic E-state index is 13.1. The first-order chi connectivity index (χ1) is 16.5. The lowest BCUT2D eigenvalue weighted by molar-refractivity contribution is -0.122. The Morgan fingerprint density at radius 1 is 1.11 bits per heavy atom. The van der Waals surface area contributed by atoms with Gasteiger partial charge in [-0.2, -0.15) is 4.31 Å². The molecule has 1 fully saturated rings. The maximum absolute atomic E-state index is 13.1. The zero-order chi connectivity index (χ0) is 25.4. The summed E-state index contributed by atoms with van der Waals surface area (Å²) in [6.07, 6.45) is -0.205. The Balaban J connectivity index is 1.62. The Bertz CT molecular complexity index is 1340. The number of halogens is 1. The number of sulfonamides is 2. The van der Waals surface area contributed by atoms with Crippen molar-refractivity contribution in [1.82, 2.24) is 4.31 Å². The molecule has 1 N–H and O–H groups in total. The van der Waals surface area contributed by atoms with E-state index < -0.39 is 32.1 Å².